The fraction of sp³-hybridized carbons (Fsp3) is 0.389. The van der Waals surface area contributed by atoms with Crippen LogP contribution in [0.2, 0.25) is 0 Å². The number of benzene rings is 1. The summed E-state index contributed by atoms with van der Waals surface area (Å²) in [4.78, 5) is 19.5. The number of carbonyl (C=O) groups excluding carboxylic acids is 1. The number of carbonyl (C=O) groups is 1. The second-order valence-corrected chi connectivity index (χ2v) is 6.86. The summed E-state index contributed by atoms with van der Waals surface area (Å²) in [6.45, 7) is 2.83. The van der Waals surface area contributed by atoms with Crippen LogP contribution < -0.4 is 20.7 Å². The van der Waals surface area contributed by atoms with Crippen molar-refractivity contribution in [1.29, 1.82) is 0 Å². The molecule has 0 aliphatic carbocycles. The Labute approximate surface area is 169 Å². The minimum atomic E-state index is -4.65. The molecule has 164 valence electrons. The van der Waals surface area contributed by atoms with Gasteiger partial charge in [-0.25, -0.2) is 9.37 Å². The Morgan fingerprint density at radius 3 is 2.47 bits per heavy atom. The zero-order valence-electron chi connectivity index (χ0n) is 16.6. The van der Waals surface area contributed by atoms with Gasteiger partial charge in [-0.3, -0.25) is 4.79 Å². The van der Waals surface area contributed by atoms with E-state index in [9.17, 15) is 27.5 Å². The largest absolute Gasteiger partial charge is 0.495 e. The molecule has 0 aliphatic rings. The molecule has 0 fully saturated rings. The second kappa shape index (κ2) is 8.69. The van der Waals surface area contributed by atoms with Crippen molar-refractivity contribution in [3.05, 3.63) is 35.3 Å². The van der Waals surface area contributed by atoms with E-state index in [0.717, 1.165) is 12.1 Å². The van der Waals surface area contributed by atoms with Crippen molar-refractivity contribution in [2.75, 3.05) is 31.3 Å². The predicted molar refractivity (Wildman–Crippen MR) is 101 cm³/mol. The first-order valence-electron chi connectivity index (χ1n) is 8.63. The van der Waals surface area contributed by atoms with Crippen LogP contribution in [-0.2, 0) is 6.18 Å². The first-order valence-corrected chi connectivity index (χ1v) is 8.63. The van der Waals surface area contributed by atoms with Crippen molar-refractivity contribution in [3.63, 3.8) is 0 Å². The molecule has 1 aromatic carbocycles. The van der Waals surface area contributed by atoms with Crippen LogP contribution in [0, 0.1) is 5.82 Å². The molecule has 1 aromatic heterocycles. The van der Waals surface area contributed by atoms with Gasteiger partial charge in [0.2, 0.25) is 5.95 Å². The van der Waals surface area contributed by atoms with Crippen LogP contribution >= 0.6 is 0 Å². The number of amides is 1. The summed E-state index contributed by atoms with van der Waals surface area (Å²) in [6, 6.07) is 2.04. The molecule has 0 atom stereocenters. The van der Waals surface area contributed by atoms with E-state index in [0.29, 0.717) is 6.20 Å². The highest BCUT2D eigenvalue weighted by Gasteiger charge is 2.35. The Hall–Kier alpha value is -3.15. The molecule has 0 radical (unpaired) electrons. The molecule has 8 nitrogen and oxygen atoms in total. The molecule has 0 unspecified atom stereocenters. The quantitative estimate of drug-likeness (QED) is 0.499. The number of hydrogen-bond acceptors (Lipinski definition) is 7. The highest BCUT2D eigenvalue weighted by atomic mass is 19.4. The summed E-state index contributed by atoms with van der Waals surface area (Å²) in [5, 5.41) is 17.0. The Bertz CT molecular complexity index is 929. The van der Waals surface area contributed by atoms with Gasteiger partial charge in [0, 0.05) is 25.9 Å². The van der Waals surface area contributed by atoms with Crippen molar-refractivity contribution in [1.82, 2.24) is 15.3 Å². The molecule has 4 N–H and O–H groups in total. The lowest BCUT2D eigenvalue weighted by atomic mass is 10.1. The molecule has 2 rings (SSSR count). The van der Waals surface area contributed by atoms with Gasteiger partial charge in [-0.2, -0.15) is 18.2 Å². The maximum Gasteiger partial charge on any atom is 0.421 e. The summed E-state index contributed by atoms with van der Waals surface area (Å²) in [7, 11) is 2.53. The maximum absolute atomic E-state index is 14.5. The van der Waals surface area contributed by atoms with E-state index < -0.39 is 34.9 Å². The number of nitrogens with one attached hydrogen (secondary N) is 3. The van der Waals surface area contributed by atoms with Crippen molar-refractivity contribution in [3.8, 4) is 5.75 Å². The average Bonchev–Trinajstić information content (AvgIpc) is 2.64. The monoisotopic (exact) mass is 431 g/mol. The number of hydrogen-bond donors (Lipinski definition) is 4. The topological polar surface area (TPSA) is 108 Å². The van der Waals surface area contributed by atoms with Crippen LogP contribution in [0.3, 0.4) is 0 Å². The summed E-state index contributed by atoms with van der Waals surface area (Å²) in [5.74, 6) is -2.39. The Kier molecular flexibility index (Phi) is 6.70. The normalized spacial score (nSPS) is 11.8. The van der Waals surface area contributed by atoms with Crippen molar-refractivity contribution in [2.45, 2.75) is 25.6 Å². The second-order valence-electron chi connectivity index (χ2n) is 6.86. The van der Waals surface area contributed by atoms with E-state index in [1.807, 2.05) is 0 Å². The number of methoxy groups -OCH3 is 1. The molecule has 2 aromatic rings. The number of halogens is 4. The van der Waals surface area contributed by atoms with Gasteiger partial charge < -0.3 is 25.8 Å². The van der Waals surface area contributed by atoms with E-state index in [-0.39, 0.29) is 29.5 Å². The smallest absolute Gasteiger partial charge is 0.421 e. The summed E-state index contributed by atoms with van der Waals surface area (Å²) in [5.41, 5.74) is -2.60. The Morgan fingerprint density at radius 2 is 1.93 bits per heavy atom. The molecule has 0 aliphatic heterocycles. The molecule has 0 bridgehead atoms. The van der Waals surface area contributed by atoms with Gasteiger partial charge in [-0.05, 0) is 19.9 Å². The van der Waals surface area contributed by atoms with Crippen LogP contribution in [0.15, 0.2) is 18.3 Å². The third-order valence-corrected chi connectivity index (χ3v) is 3.79. The van der Waals surface area contributed by atoms with Gasteiger partial charge in [0.25, 0.3) is 5.91 Å². The first kappa shape index (κ1) is 23.1. The van der Waals surface area contributed by atoms with Crippen LogP contribution in [0.5, 0.6) is 5.75 Å². The third kappa shape index (κ3) is 5.69. The lowest BCUT2D eigenvalue weighted by Crippen LogP contribution is -2.38. The van der Waals surface area contributed by atoms with Crippen molar-refractivity contribution < 1.29 is 32.2 Å². The summed E-state index contributed by atoms with van der Waals surface area (Å²) in [6.07, 6.45) is -4.07. The van der Waals surface area contributed by atoms with Crippen LogP contribution in [-0.4, -0.2) is 47.3 Å². The van der Waals surface area contributed by atoms with Gasteiger partial charge in [-0.15, -0.1) is 0 Å². The number of aromatic nitrogens is 2. The Morgan fingerprint density at radius 1 is 1.27 bits per heavy atom. The Balaban J connectivity index is 2.33. The fourth-order valence-corrected chi connectivity index (χ4v) is 2.35. The molecular weight excluding hydrogens is 410 g/mol. The molecule has 1 amide bonds. The lowest BCUT2D eigenvalue weighted by Gasteiger charge is -2.18. The number of ether oxygens (including phenoxy) is 1. The predicted octanol–water partition coefficient (Wildman–Crippen LogP) is 2.93. The highest BCUT2D eigenvalue weighted by molar-refractivity contribution is 5.95. The number of alkyl halides is 3. The number of aliphatic hydroxyl groups is 1. The van der Waals surface area contributed by atoms with Crippen LogP contribution in [0.1, 0.15) is 29.8 Å². The minimum Gasteiger partial charge on any atom is -0.495 e. The van der Waals surface area contributed by atoms with Gasteiger partial charge in [0.15, 0.2) is 0 Å². The van der Waals surface area contributed by atoms with Gasteiger partial charge in [-0.1, -0.05) is 0 Å². The van der Waals surface area contributed by atoms with Gasteiger partial charge in [0.05, 0.1) is 24.0 Å². The minimum absolute atomic E-state index is 0.00384. The highest BCUT2D eigenvalue weighted by Crippen LogP contribution is 2.35. The van der Waals surface area contributed by atoms with Crippen LogP contribution in [0.25, 0.3) is 0 Å². The van der Waals surface area contributed by atoms with Crippen molar-refractivity contribution >= 4 is 23.4 Å². The SMILES string of the molecule is CNc1nc(Nc2cc(F)c(C(=O)NCC(C)(C)O)cc2OC)ncc1C(F)(F)F. The standard InChI is InChI=1S/C18H21F4N5O3/c1-17(2,29)8-25-15(28)9-5-13(30-4)12(6-11(9)19)26-16-24-7-10(18(20,21)22)14(23-3)27-16/h5-7,29H,8H2,1-4H3,(H,25,28)(H2,23,24,26,27). The molecule has 30 heavy (non-hydrogen) atoms. The average molecular weight is 431 g/mol. The molecule has 0 saturated carbocycles. The van der Waals surface area contributed by atoms with Crippen LogP contribution in [0.4, 0.5) is 35.0 Å². The molecule has 1 heterocycles. The van der Waals surface area contributed by atoms with Crippen molar-refractivity contribution in [2.24, 2.45) is 0 Å². The van der Waals surface area contributed by atoms with E-state index in [4.69, 9.17) is 4.74 Å². The van der Waals surface area contributed by atoms with Gasteiger partial charge >= 0.3 is 6.18 Å². The molecule has 0 spiro atoms. The number of nitrogens with zero attached hydrogens (tertiary/aromatic N) is 2. The number of anilines is 3. The zero-order chi connectivity index (χ0) is 22.7. The van der Waals surface area contributed by atoms with Gasteiger partial charge in [0.1, 0.15) is 22.9 Å². The van der Waals surface area contributed by atoms with E-state index in [1.54, 1.807) is 0 Å². The van der Waals surface area contributed by atoms with E-state index in [2.05, 4.69) is 25.9 Å². The van der Waals surface area contributed by atoms with E-state index >= 15 is 0 Å². The first-order chi connectivity index (χ1) is 13.9. The molecular formula is C18H21F4N5O3. The number of rotatable bonds is 7. The van der Waals surface area contributed by atoms with E-state index in [1.165, 1.54) is 28.0 Å². The third-order valence-electron chi connectivity index (χ3n) is 3.79. The maximum atomic E-state index is 14.5. The zero-order valence-corrected chi connectivity index (χ0v) is 16.6. The summed E-state index contributed by atoms with van der Waals surface area (Å²) < 4.78 is 58.5. The fourth-order valence-electron chi connectivity index (χ4n) is 2.35. The molecule has 0 saturated heterocycles. The lowest BCUT2D eigenvalue weighted by molar-refractivity contribution is -0.137. The molecule has 12 heteroatoms. The summed E-state index contributed by atoms with van der Waals surface area (Å²) >= 11 is 0.